The molecule has 1 heterocycles. The highest BCUT2D eigenvalue weighted by Crippen LogP contribution is 2.23. The predicted molar refractivity (Wildman–Crippen MR) is 134 cm³/mol. The van der Waals surface area contributed by atoms with E-state index in [0.29, 0.717) is 12.2 Å². The average molecular weight is 499 g/mol. The first-order chi connectivity index (χ1) is 16.4. The van der Waals surface area contributed by atoms with Crippen molar-refractivity contribution in [1.82, 2.24) is 10.3 Å². The van der Waals surface area contributed by atoms with Gasteiger partial charge < -0.3 is 15.2 Å². The second-order valence-electron chi connectivity index (χ2n) is 7.69. The van der Waals surface area contributed by atoms with Gasteiger partial charge in [0.2, 0.25) is 5.91 Å². The summed E-state index contributed by atoms with van der Waals surface area (Å²) < 4.78 is 5.25. The van der Waals surface area contributed by atoms with Crippen LogP contribution in [0, 0.1) is 5.92 Å². The zero-order valence-corrected chi connectivity index (χ0v) is 20.5. The van der Waals surface area contributed by atoms with E-state index >= 15 is 0 Å². The highest BCUT2D eigenvalue weighted by molar-refractivity contribution is 8.13. The van der Waals surface area contributed by atoms with Gasteiger partial charge in [-0.1, -0.05) is 48.2 Å². The van der Waals surface area contributed by atoms with Gasteiger partial charge in [-0.15, -0.1) is 11.3 Å². The molecule has 0 aliphatic carbocycles. The number of carboxylic acid groups (broad SMARTS) is 1. The molecule has 1 amide bonds. The molecule has 0 aliphatic rings. The van der Waals surface area contributed by atoms with Gasteiger partial charge in [-0.25, -0.2) is 9.78 Å². The Morgan fingerprint density at radius 2 is 1.88 bits per heavy atom. The fraction of sp³-hybridized carbons (Fsp3) is 0.280. The molecule has 1 unspecified atom stereocenters. The topological polar surface area (TPSA) is 106 Å². The van der Waals surface area contributed by atoms with Crippen molar-refractivity contribution in [2.75, 3.05) is 12.9 Å². The minimum absolute atomic E-state index is 0.0986. The zero-order valence-electron chi connectivity index (χ0n) is 18.9. The van der Waals surface area contributed by atoms with Gasteiger partial charge in [0, 0.05) is 36.2 Å². The second kappa shape index (κ2) is 12.3. The lowest BCUT2D eigenvalue weighted by Crippen LogP contribution is -2.46. The monoisotopic (exact) mass is 498 g/mol. The van der Waals surface area contributed by atoms with E-state index in [4.69, 9.17) is 4.74 Å². The van der Waals surface area contributed by atoms with Crippen LogP contribution in [-0.2, 0) is 27.2 Å². The molecule has 34 heavy (non-hydrogen) atoms. The van der Waals surface area contributed by atoms with E-state index in [1.54, 1.807) is 13.3 Å². The summed E-state index contributed by atoms with van der Waals surface area (Å²) in [5, 5.41) is 15.1. The van der Waals surface area contributed by atoms with Crippen LogP contribution in [-0.4, -0.2) is 46.0 Å². The molecule has 0 aliphatic heterocycles. The molecule has 0 saturated heterocycles. The lowest BCUT2D eigenvalue weighted by atomic mass is 9.98. The van der Waals surface area contributed by atoms with E-state index in [2.05, 4.69) is 10.3 Å². The number of thioether (sulfide) groups is 1. The van der Waals surface area contributed by atoms with Crippen LogP contribution in [0.1, 0.15) is 18.1 Å². The Balaban J connectivity index is 1.70. The Labute approximate surface area is 206 Å². The SMILES string of the molecule is COc1cccc(CC(CSC(C)=O)C(=O)N[C@@H](Cc2ccc(-c3nccs3)cc2)C(=O)O)c1. The maximum absolute atomic E-state index is 13.1. The van der Waals surface area contributed by atoms with Gasteiger partial charge in [0.15, 0.2) is 5.12 Å². The summed E-state index contributed by atoms with van der Waals surface area (Å²) >= 11 is 2.58. The highest BCUT2D eigenvalue weighted by Gasteiger charge is 2.26. The number of rotatable bonds is 11. The van der Waals surface area contributed by atoms with Gasteiger partial charge in [0.05, 0.1) is 13.0 Å². The van der Waals surface area contributed by atoms with E-state index < -0.39 is 23.8 Å². The standard InChI is InChI=1S/C25H26N2O5S2/c1-16(28)34-15-20(12-18-4-3-5-21(13-18)32-2)23(29)27-22(25(30)31)14-17-6-8-19(9-7-17)24-26-10-11-33-24/h3-11,13,20,22H,12,14-15H2,1-2H3,(H,27,29)(H,30,31)/t20?,22-/m0/s1. The smallest absolute Gasteiger partial charge is 0.326 e. The van der Waals surface area contributed by atoms with Crippen LogP contribution in [0.5, 0.6) is 5.75 Å². The number of ether oxygens (including phenoxy) is 1. The minimum Gasteiger partial charge on any atom is -0.497 e. The van der Waals surface area contributed by atoms with Crippen molar-refractivity contribution in [3.63, 3.8) is 0 Å². The molecule has 7 nitrogen and oxygen atoms in total. The normalized spacial score (nSPS) is 12.5. The lowest BCUT2D eigenvalue weighted by Gasteiger charge is -2.20. The summed E-state index contributed by atoms with van der Waals surface area (Å²) in [5.41, 5.74) is 2.61. The molecule has 178 valence electrons. The largest absolute Gasteiger partial charge is 0.497 e. The van der Waals surface area contributed by atoms with Crippen LogP contribution in [0.2, 0.25) is 0 Å². The van der Waals surface area contributed by atoms with Crippen LogP contribution >= 0.6 is 23.1 Å². The first kappa shape index (κ1) is 25.5. The number of benzene rings is 2. The summed E-state index contributed by atoms with van der Waals surface area (Å²) in [5.74, 6) is -1.16. The van der Waals surface area contributed by atoms with Crippen LogP contribution in [0.3, 0.4) is 0 Å². The van der Waals surface area contributed by atoms with Gasteiger partial charge in [-0.05, 0) is 29.7 Å². The molecule has 9 heteroatoms. The Bertz CT molecular complexity index is 1120. The summed E-state index contributed by atoms with van der Waals surface area (Å²) in [6.07, 6.45) is 2.24. The van der Waals surface area contributed by atoms with Gasteiger partial charge in [-0.3, -0.25) is 9.59 Å². The lowest BCUT2D eigenvalue weighted by molar-refractivity contribution is -0.142. The number of hydrogen-bond donors (Lipinski definition) is 2. The Hall–Kier alpha value is -3.17. The summed E-state index contributed by atoms with van der Waals surface area (Å²) in [7, 11) is 1.57. The molecular formula is C25H26N2O5S2. The second-order valence-corrected chi connectivity index (χ2v) is 9.78. The fourth-order valence-corrected chi connectivity index (χ4v) is 4.75. The molecule has 2 atom stereocenters. The van der Waals surface area contributed by atoms with Crippen LogP contribution in [0.4, 0.5) is 0 Å². The molecule has 0 spiro atoms. The molecule has 0 fully saturated rings. The number of nitrogens with one attached hydrogen (secondary N) is 1. The van der Waals surface area contributed by atoms with Crippen molar-refractivity contribution in [2.45, 2.75) is 25.8 Å². The molecule has 3 rings (SSSR count). The van der Waals surface area contributed by atoms with E-state index in [1.807, 2.05) is 53.9 Å². The van der Waals surface area contributed by atoms with Crippen LogP contribution < -0.4 is 10.1 Å². The predicted octanol–water partition coefficient (Wildman–Crippen LogP) is 4.07. The van der Waals surface area contributed by atoms with Gasteiger partial charge in [0.25, 0.3) is 0 Å². The number of carbonyl (C=O) groups excluding carboxylic acids is 2. The minimum atomic E-state index is -1.11. The molecule has 0 bridgehead atoms. The number of nitrogens with zero attached hydrogens (tertiary/aromatic N) is 1. The quantitative estimate of drug-likeness (QED) is 0.411. The summed E-state index contributed by atoms with van der Waals surface area (Å²) in [6, 6.07) is 13.7. The third-order valence-electron chi connectivity index (χ3n) is 5.16. The number of carboxylic acids is 1. The number of aliphatic carboxylic acids is 1. The molecular weight excluding hydrogens is 472 g/mol. The van der Waals surface area contributed by atoms with Gasteiger partial charge in [-0.2, -0.15) is 0 Å². The number of amides is 1. The maximum atomic E-state index is 13.1. The summed E-state index contributed by atoms with van der Waals surface area (Å²) in [6.45, 7) is 1.45. The van der Waals surface area contributed by atoms with E-state index in [-0.39, 0.29) is 17.3 Å². The summed E-state index contributed by atoms with van der Waals surface area (Å²) in [4.78, 5) is 40.8. The first-order valence-corrected chi connectivity index (χ1v) is 12.5. The molecule has 0 radical (unpaired) electrons. The molecule has 2 aromatic carbocycles. The molecule has 0 saturated carbocycles. The van der Waals surface area contributed by atoms with Gasteiger partial charge in [0.1, 0.15) is 16.8 Å². The van der Waals surface area contributed by atoms with Crippen molar-refractivity contribution in [3.8, 4) is 16.3 Å². The van der Waals surface area contributed by atoms with Gasteiger partial charge >= 0.3 is 5.97 Å². The van der Waals surface area contributed by atoms with Crippen molar-refractivity contribution < 1.29 is 24.2 Å². The zero-order chi connectivity index (χ0) is 24.5. The van der Waals surface area contributed by atoms with E-state index in [0.717, 1.165) is 33.5 Å². The molecule has 2 N–H and O–H groups in total. The van der Waals surface area contributed by atoms with Crippen LogP contribution in [0.25, 0.3) is 10.6 Å². The third kappa shape index (κ3) is 7.43. The highest BCUT2D eigenvalue weighted by atomic mass is 32.2. The van der Waals surface area contributed by atoms with Crippen molar-refractivity contribution in [1.29, 1.82) is 0 Å². The number of methoxy groups -OCH3 is 1. The first-order valence-electron chi connectivity index (χ1n) is 10.6. The van der Waals surface area contributed by atoms with Crippen molar-refractivity contribution >= 4 is 40.1 Å². The number of carbonyl (C=O) groups is 3. The number of hydrogen-bond acceptors (Lipinski definition) is 7. The maximum Gasteiger partial charge on any atom is 0.326 e. The number of thiazole rings is 1. The third-order valence-corrected chi connectivity index (χ3v) is 6.96. The molecule has 1 aromatic heterocycles. The van der Waals surface area contributed by atoms with E-state index in [9.17, 15) is 19.5 Å². The Kier molecular flexibility index (Phi) is 9.24. The Morgan fingerprint density at radius 1 is 1.12 bits per heavy atom. The van der Waals surface area contributed by atoms with Crippen molar-refractivity contribution in [3.05, 3.63) is 71.2 Å². The molecule has 3 aromatic rings. The fourth-order valence-electron chi connectivity index (χ4n) is 3.40. The Morgan fingerprint density at radius 3 is 2.50 bits per heavy atom. The van der Waals surface area contributed by atoms with Crippen LogP contribution in [0.15, 0.2) is 60.1 Å². The van der Waals surface area contributed by atoms with E-state index in [1.165, 1.54) is 18.3 Å². The van der Waals surface area contributed by atoms with Crippen molar-refractivity contribution in [2.24, 2.45) is 5.92 Å². The number of aromatic nitrogens is 1. The average Bonchev–Trinajstić information content (AvgIpc) is 3.36.